The lowest BCUT2D eigenvalue weighted by atomic mass is 9.90. The molecule has 1 heterocycles. The topological polar surface area (TPSA) is 89.6 Å². The van der Waals surface area contributed by atoms with E-state index in [4.69, 9.17) is 9.47 Å². The molecule has 8 heteroatoms. The third-order valence-electron chi connectivity index (χ3n) is 5.43. The SMILES string of the molecule is O=C(COc1ccccc1)N[C@@H]1CCCC[C@H]1NC(=O)c1csc(COc2ccccc2)n1. The number of amides is 2. The summed E-state index contributed by atoms with van der Waals surface area (Å²) in [5.74, 6) is 0.982. The van der Waals surface area contributed by atoms with Gasteiger partial charge in [0.1, 0.15) is 28.8 Å². The summed E-state index contributed by atoms with van der Waals surface area (Å²) in [5.41, 5.74) is 0.370. The second kappa shape index (κ2) is 11.5. The van der Waals surface area contributed by atoms with Crippen LogP contribution in [0.25, 0.3) is 0 Å². The van der Waals surface area contributed by atoms with E-state index in [9.17, 15) is 9.59 Å². The van der Waals surface area contributed by atoms with Crippen LogP contribution in [0.4, 0.5) is 0 Å². The number of hydrogen-bond donors (Lipinski definition) is 2. The van der Waals surface area contributed by atoms with E-state index in [1.54, 1.807) is 5.38 Å². The summed E-state index contributed by atoms with van der Waals surface area (Å²) in [4.78, 5) is 29.6. The van der Waals surface area contributed by atoms with E-state index in [1.807, 2.05) is 60.7 Å². The molecule has 2 N–H and O–H groups in total. The van der Waals surface area contributed by atoms with Gasteiger partial charge in [0, 0.05) is 17.5 Å². The van der Waals surface area contributed by atoms with Gasteiger partial charge >= 0.3 is 0 Å². The second-order valence-corrected chi connectivity index (χ2v) is 8.81. The van der Waals surface area contributed by atoms with Gasteiger partial charge in [-0.1, -0.05) is 49.2 Å². The van der Waals surface area contributed by atoms with Crippen molar-refractivity contribution in [3.63, 3.8) is 0 Å². The maximum Gasteiger partial charge on any atom is 0.271 e. The Hall–Kier alpha value is -3.39. The number of carbonyl (C=O) groups is 2. The zero-order valence-electron chi connectivity index (χ0n) is 18.2. The van der Waals surface area contributed by atoms with Gasteiger partial charge in [0.15, 0.2) is 6.61 Å². The third kappa shape index (κ3) is 6.79. The van der Waals surface area contributed by atoms with Gasteiger partial charge in [-0.15, -0.1) is 11.3 Å². The molecule has 1 aromatic heterocycles. The van der Waals surface area contributed by atoms with Crippen LogP contribution in [0.3, 0.4) is 0 Å². The van der Waals surface area contributed by atoms with E-state index >= 15 is 0 Å². The number of nitrogens with zero attached hydrogens (tertiary/aromatic N) is 1. The molecule has 7 nitrogen and oxygen atoms in total. The van der Waals surface area contributed by atoms with Crippen LogP contribution in [0.15, 0.2) is 66.0 Å². The summed E-state index contributed by atoms with van der Waals surface area (Å²) in [6.07, 6.45) is 3.64. The van der Waals surface area contributed by atoms with Crippen LogP contribution in [0.2, 0.25) is 0 Å². The van der Waals surface area contributed by atoms with Crippen molar-refractivity contribution in [1.29, 1.82) is 0 Å². The number of para-hydroxylation sites is 2. The predicted octanol–water partition coefficient (Wildman–Crippen LogP) is 3.96. The fraction of sp³-hybridized carbons (Fsp3) is 0.320. The highest BCUT2D eigenvalue weighted by atomic mass is 32.1. The standard InChI is InChI=1S/C25H27N3O4S/c29-23(15-31-18-9-3-1-4-10-18)26-20-13-7-8-14-21(20)28-25(30)22-17-33-24(27-22)16-32-19-11-5-2-6-12-19/h1-6,9-12,17,20-21H,7-8,13-16H2,(H,26,29)(H,28,30)/t20-,21-/m1/s1. The molecule has 0 aliphatic heterocycles. The van der Waals surface area contributed by atoms with Gasteiger partial charge in [-0.3, -0.25) is 9.59 Å². The predicted molar refractivity (Wildman–Crippen MR) is 126 cm³/mol. The lowest BCUT2D eigenvalue weighted by Crippen LogP contribution is -2.54. The van der Waals surface area contributed by atoms with Crippen molar-refractivity contribution in [2.45, 2.75) is 44.4 Å². The Labute approximate surface area is 197 Å². The van der Waals surface area contributed by atoms with Crippen molar-refractivity contribution < 1.29 is 19.1 Å². The van der Waals surface area contributed by atoms with Crippen LogP contribution >= 0.6 is 11.3 Å². The van der Waals surface area contributed by atoms with Gasteiger partial charge in [-0.05, 0) is 37.1 Å². The molecule has 1 aliphatic carbocycles. The van der Waals surface area contributed by atoms with E-state index in [0.717, 1.165) is 36.4 Å². The Morgan fingerprint density at radius 3 is 2.15 bits per heavy atom. The first-order valence-corrected chi connectivity index (χ1v) is 12.0. The van der Waals surface area contributed by atoms with Gasteiger partial charge in [0.05, 0.1) is 0 Å². The molecule has 0 bridgehead atoms. The molecule has 2 aromatic carbocycles. The van der Waals surface area contributed by atoms with Crippen LogP contribution in [-0.2, 0) is 11.4 Å². The molecule has 2 atom stereocenters. The molecule has 1 aliphatic rings. The Morgan fingerprint density at radius 2 is 1.48 bits per heavy atom. The average molecular weight is 466 g/mol. The third-order valence-corrected chi connectivity index (χ3v) is 6.25. The first kappa shape index (κ1) is 22.8. The minimum Gasteiger partial charge on any atom is -0.486 e. The molecular weight excluding hydrogens is 438 g/mol. The number of benzene rings is 2. The fourth-order valence-corrected chi connectivity index (χ4v) is 4.46. The molecule has 0 saturated heterocycles. The number of thiazole rings is 1. The Kier molecular flexibility index (Phi) is 7.92. The summed E-state index contributed by atoms with van der Waals surface area (Å²) >= 11 is 1.39. The molecule has 2 amide bonds. The second-order valence-electron chi connectivity index (χ2n) is 7.87. The van der Waals surface area contributed by atoms with Crippen LogP contribution < -0.4 is 20.1 Å². The minimum absolute atomic E-state index is 0.0575. The number of rotatable bonds is 9. The molecule has 3 aromatic rings. The van der Waals surface area contributed by atoms with E-state index < -0.39 is 0 Å². The van der Waals surface area contributed by atoms with Crippen molar-refractivity contribution in [3.05, 3.63) is 76.7 Å². The first-order chi connectivity index (χ1) is 16.2. The Balaban J connectivity index is 1.28. The van der Waals surface area contributed by atoms with Gasteiger partial charge < -0.3 is 20.1 Å². The monoisotopic (exact) mass is 465 g/mol. The summed E-state index contributed by atoms with van der Waals surface area (Å²) in [6, 6.07) is 18.5. The molecule has 33 heavy (non-hydrogen) atoms. The molecule has 1 saturated carbocycles. The zero-order chi connectivity index (χ0) is 22.9. The molecule has 0 unspecified atom stereocenters. The van der Waals surface area contributed by atoms with Crippen LogP contribution in [0.5, 0.6) is 11.5 Å². The number of hydrogen-bond acceptors (Lipinski definition) is 6. The Morgan fingerprint density at radius 1 is 0.879 bits per heavy atom. The smallest absolute Gasteiger partial charge is 0.271 e. The van der Waals surface area contributed by atoms with E-state index in [1.165, 1.54) is 11.3 Å². The highest BCUT2D eigenvalue weighted by Gasteiger charge is 2.28. The highest BCUT2D eigenvalue weighted by Crippen LogP contribution is 2.20. The van der Waals surface area contributed by atoms with Gasteiger partial charge in [0.2, 0.25) is 0 Å². The van der Waals surface area contributed by atoms with Crippen molar-refractivity contribution in [2.24, 2.45) is 0 Å². The van der Waals surface area contributed by atoms with E-state index in [0.29, 0.717) is 18.1 Å². The number of aromatic nitrogens is 1. The number of ether oxygens (including phenoxy) is 2. The van der Waals surface area contributed by atoms with Gasteiger partial charge in [0.25, 0.3) is 11.8 Å². The van der Waals surface area contributed by atoms with Crippen molar-refractivity contribution in [2.75, 3.05) is 6.61 Å². The summed E-state index contributed by atoms with van der Waals surface area (Å²) in [5, 5.41) is 8.55. The molecule has 0 spiro atoms. The molecule has 1 fully saturated rings. The Bertz CT molecular complexity index is 1040. The quantitative estimate of drug-likeness (QED) is 0.499. The molecule has 172 valence electrons. The van der Waals surface area contributed by atoms with E-state index in [2.05, 4.69) is 15.6 Å². The van der Waals surface area contributed by atoms with Gasteiger partial charge in [-0.25, -0.2) is 4.98 Å². The lowest BCUT2D eigenvalue weighted by Gasteiger charge is -2.32. The largest absolute Gasteiger partial charge is 0.486 e. The summed E-state index contributed by atoms with van der Waals surface area (Å²) in [6.45, 7) is 0.253. The summed E-state index contributed by atoms with van der Waals surface area (Å²) in [7, 11) is 0. The maximum absolute atomic E-state index is 12.8. The van der Waals surface area contributed by atoms with Crippen LogP contribution in [0.1, 0.15) is 41.2 Å². The van der Waals surface area contributed by atoms with E-state index in [-0.39, 0.29) is 30.5 Å². The normalized spacial score (nSPS) is 17.7. The fourth-order valence-electron chi connectivity index (χ4n) is 3.78. The lowest BCUT2D eigenvalue weighted by molar-refractivity contribution is -0.124. The van der Waals surface area contributed by atoms with Gasteiger partial charge in [-0.2, -0.15) is 0 Å². The molecular formula is C25H27N3O4S. The zero-order valence-corrected chi connectivity index (χ0v) is 19.1. The average Bonchev–Trinajstić information content (AvgIpc) is 3.33. The van der Waals surface area contributed by atoms with Crippen molar-refractivity contribution >= 4 is 23.2 Å². The van der Waals surface area contributed by atoms with Crippen LogP contribution in [0, 0.1) is 0 Å². The van der Waals surface area contributed by atoms with Crippen molar-refractivity contribution in [3.8, 4) is 11.5 Å². The minimum atomic E-state index is -0.233. The first-order valence-electron chi connectivity index (χ1n) is 11.1. The van der Waals surface area contributed by atoms with Crippen LogP contribution in [-0.4, -0.2) is 35.5 Å². The van der Waals surface area contributed by atoms with Crippen molar-refractivity contribution in [1.82, 2.24) is 15.6 Å². The molecule has 0 radical (unpaired) electrons. The number of carbonyl (C=O) groups excluding carboxylic acids is 2. The maximum atomic E-state index is 12.8. The molecule has 4 rings (SSSR count). The highest BCUT2D eigenvalue weighted by molar-refractivity contribution is 7.09. The summed E-state index contributed by atoms with van der Waals surface area (Å²) < 4.78 is 11.2. The number of nitrogens with one attached hydrogen (secondary N) is 2.